The molecule has 1 aromatic carbocycles. The van der Waals surface area contributed by atoms with Gasteiger partial charge in [0.15, 0.2) is 0 Å². The van der Waals surface area contributed by atoms with Gasteiger partial charge in [-0.3, -0.25) is 4.79 Å². The van der Waals surface area contributed by atoms with Crippen LogP contribution in [0.3, 0.4) is 0 Å². The maximum absolute atomic E-state index is 12.8. The second-order valence-electron chi connectivity index (χ2n) is 9.00. The van der Waals surface area contributed by atoms with Gasteiger partial charge in [0.25, 0.3) is 5.91 Å². The smallest absolute Gasteiger partial charge is 0.252 e. The second-order valence-corrected chi connectivity index (χ2v) is 9.44. The third kappa shape index (κ3) is 5.13. The van der Waals surface area contributed by atoms with Gasteiger partial charge in [-0.25, -0.2) is 4.98 Å². The van der Waals surface area contributed by atoms with Crippen molar-refractivity contribution in [3.8, 4) is 17.0 Å². The summed E-state index contributed by atoms with van der Waals surface area (Å²) in [5.41, 5.74) is 2.40. The van der Waals surface area contributed by atoms with E-state index in [4.69, 9.17) is 16.3 Å². The highest BCUT2D eigenvalue weighted by Crippen LogP contribution is 2.45. The summed E-state index contributed by atoms with van der Waals surface area (Å²) in [5, 5.41) is 13.8. The number of nitrogens with zero attached hydrogens (tertiary/aromatic N) is 1. The number of benzene rings is 1. The van der Waals surface area contributed by atoms with Crippen LogP contribution in [0, 0.1) is 11.3 Å². The molecule has 0 bridgehead atoms. The molecule has 160 valence electrons. The first-order chi connectivity index (χ1) is 14.4. The van der Waals surface area contributed by atoms with Crippen molar-refractivity contribution >= 4 is 17.5 Å². The molecule has 5 nitrogen and oxygen atoms in total. The van der Waals surface area contributed by atoms with Crippen molar-refractivity contribution in [2.24, 2.45) is 11.3 Å². The molecule has 2 unspecified atom stereocenters. The SMILES string of the molecule is CC1(COc2ncc(C(=O)NCC3CCCCC3O)cc2-c2ccc(Cl)cc2)CC1. The molecule has 6 heteroatoms. The number of amides is 1. The van der Waals surface area contributed by atoms with E-state index in [-0.39, 0.29) is 23.3 Å². The highest BCUT2D eigenvalue weighted by atomic mass is 35.5. The third-order valence-electron chi connectivity index (χ3n) is 6.32. The van der Waals surface area contributed by atoms with Crippen molar-refractivity contribution in [1.29, 1.82) is 0 Å². The minimum atomic E-state index is -0.332. The van der Waals surface area contributed by atoms with Crippen molar-refractivity contribution in [2.45, 2.75) is 51.6 Å². The van der Waals surface area contributed by atoms with E-state index in [0.29, 0.717) is 29.6 Å². The fraction of sp³-hybridized carbons (Fsp3) is 0.500. The number of nitrogens with one attached hydrogen (secondary N) is 1. The first kappa shape index (κ1) is 21.1. The second kappa shape index (κ2) is 8.94. The molecule has 0 aliphatic heterocycles. The number of aromatic nitrogens is 1. The molecule has 0 saturated heterocycles. The number of halogens is 1. The molecule has 2 aromatic rings. The summed E-state index contributed by atoms with van der Waals surface area (Å²) in [7, 11) is 0. The first-order valence-electron chi connectivity index (χ1n) is 10.8. The quantitative estimate of drug-likeness (QED) is 0.660. The Morgan fingerprint density at radius 1 is 1.27 bits per heavy atom. The van der Waals surface area contributed by atoms with Crippen LogP contribution in [0.5, 0.6) is 5.88 Å². The summed E-state index contributed by atoms with van der Waals surface area (Å²) in [6.07, 6.45) is 7.48. The van der Waals surface area contributed by atoms with E-state index in [0.717, 1.165) is 49.7 Å². The molecule has 1 heterocycles. The van der Waals surface area contributed by atoms with Crippen LogP contribution in [0.25, 0.3) is 11.1 Å². The molecular formula is C24H29ClN2O3. The van der Waals surface area contributed by atoms with Crippen LogP contribution in [0.1, 0.15) is 55.8 Å². The third-order valence-corrected chi connectivity index (χ3v) is 6.58. The average molecular weight is 429 g/mol. The molecule has 1 amide bonds. The Kier molecular flexibility index (Phi) is 6.30. The number of hydrogen-bond acceptors (Lipinski definition) is 4. The van der Waals surface area contributed by atoms with Crippen LogP contribution in [0.2, 0.25) is 5.02 Å². The summed E-state index contributed by atoms with van der Waals surface area (Å²) in [6, 6.07) is 9.28. The Labute approximate surface area is 182 Å². The average Bonchev–Trinajstić information content (AvgIpc) is 3.49. The normalized spacial score (nSPS) is 22.4. The lowest BCUT2D eigenvalue weighted by Gasteiger charge is -2.27. The monoisotopic (exact) mass is 428 g/mol. The van der Waals surface area contributed by atoms with E-state index in [1.54, 1.807) is 6.20 Å². The minimum absolute atomic E-state index is 0.119. The number of carbonyl (C=O) groups is 1. The number of hydrogen-bond donors (Lipinski definition) is 2. The fourth-order valence-corrected chi connectivity index (χ4v) is 4.01. The first-order valence-corrected chi connectivity index (χ1v) is 11.2. The standard InChI is InChI=1S/C24H29ClN2O3/c1-24(10-11-24)15-30-23-20(16-6-8-19(25)9-7-16)12-18(14-27-23)22(29)26-13-17-4-2-3-5-21(17)28/h6-9,12,14,17,21,28H,2-5,10-11,13,15H2,1H3,(H,26,29). The maximum atomic E-state index is 12.8. The molecule has 2 fully saturated rings. The van der Waals surface area contributed by atoms with Gasteiger partial charge in [0.1, 0.15) is 0 Å². The van der Waals surface area contributed by atoms with Crippen molar-refractivity contribution in [3.05, 3.63) is 47.1 Å². The summed E-state index contributed by atoms with van der Waals surface area (Å²) < 4.78 is 6.04. The highest BCUT2D eigenvalue weighted by Gasteiger charge is 2.38. The topological polar surface area (TPSA) is 71.5 Å². The Morgan fingerprint density at radius 3 is 2.70 bits per heavy atom. The van der Waals surface area contributed by atoms with Crippen LogP contribution in [-0.2, 0) is 0 Å². The summed E-state index contributed by atoms with van der Waals surface area (Å²) in [6.45, 7) is 3.30. The number of carbonyl (C=O) groups excluding carboxylic acids is 1. The van der Waals surface area contributed by atoms with Gasteiger partial charge in [-0.1, -0.05) is 43.5 Å². The van der Waals surface area contributed by atoms with Crippen LogP contribution in [-0.4, -0.2) is 35.3 Å². The molecule has 2 N–H and O–H groups in total. The van der Waals surface area contributed by atoms with Gasteiger partial charge in [-0.2, -0.15) is 0 Å². The summed E-state index contributed by atoms with van der Waals surface area (Å²) >= 11 is 6.05. The van der Waals surface area contributed by atoms with E-state index < -0.39 is 0 Å². The van der Waals surface area contributed by atoms with Crippen LogP contribution < -0.4 is 10.1 Å². The van der Waals surface area contributed by atoms with Gasteiger partial charge in [0.2, 0.25) is 5.88 Å². The molecule has 2 aliphatic carbocycles. The fourth-order valence-electron chi connectivity index (χ4n) is 3.88. The van der Waals surface area contributed by atoms with Gasteiger partial charge < -0.3 is 15.2 Å². The van der Waals surface area contributed by atoms with Crippen molar-refractivity contribution < 1.29 is 14.6 Å². The maximum Gasteiger partial charge on any atom is 0.252 e. The molecule has 4 rings (SSSR count). The number of pyridine rings is 1. The van der Waals surface area contributed by atoms with Crippen LogP contribution >= 0.6 is 11.6 Å². The Balaban J connectivity index is 1.52. The van der Waals surface area contributed by atoms with E-state index >= 15 is 0 Å². The largest absolute Gasteiger partial charge is 0.477 e. The number of rotatable bonds is 7. The Hall–Kier alpha value is -2.11. The molecule has 2 atom stereocenters. The zero-order valence-corrected chi connectivity index (χ0v) is 18.1. The van der Waals surface area contributed by atoms with Crippen LogP contribution in [0.4, 0.5) is 0 Å². The molecule has 0 spiro atoms. The molecular weight excluding hydrogens is 400 g/mol. The van der Waals surface area contributed by atoms with Gasteiger partial charge in [-0.15, -0.1) is 0 Å². The van der Waals surface area contributed by atoms with Crippen molar-refractivity contribution in [3.63, 3.8) is 0 Å². The Morgan fingerprint density at radius 2 is 2.00 bits per heavy atom. The summed E-state index contributed by atoms with van der Waals surface area (Å²) in [5.74, 6) is 0.467. The molecule has 30 heavy (non-hydrogen) atoms. The van der Waals surface area contributed by atoms with Crippen molar-refractivity contribution in [2.75, 3.05) is 13.2 Å². The summed E-state index contributed by atoms with van der Waals surface area (Å²) in [4.78, 5) is 17.2. The molecule has 0 radical (unpaired) electrons. The zero-order valence-electron chi connectivity index (χ0n) is 17.4. The van der Waals surface area contributed by atoms with E-state index in [9.17, 15) is 9.90 Å². The molecule has 2 aliphatic rings. The predicted molar refractivity (Wildman–Crippen MR) is 118 cm³/mol. The molecule has 2 saturated carbocycles. The highest BCUT2D eigenvalue weighted by molar-refractivity contribution is 6.30. The van der Waals surface area contributed by atoms with E-state index in [1.165, 1.54) is 0 Å². The number of ether oxygens (including phenoxy) is 1. The van der Waals surface area contributed by atoms with E-state index in [2.05, 4.69) is 17.2 Å². The van der Waals surface area contributed by atoms with Crippen LogP contribution in [0.15, 0.2) is 36.5 Å². The Bertz CT molecular complexity index is 896. The van der Waals surface area contributed by atoms with Crippen molar-refractivity contribution in [1.82, 2.24) is 10.3 Å². The number of aliphatic hydroxyl groups excluding tert-OH is 1. The van der Waals surface area contributed by atoms with Gasteiger partial charge in [0, 0.05) is 34.7 Å². The lowest BCUT2D eigenvalue weighted by molar-refractivity contribution is 0.0663. The molecule has 1 aromatic heterocycles. The zero-order chi connectivity index (χ0) is 21.1. The van der Waals surface area contributed by atoms with Gasteiger partial charge in [-0.05, 0) is 49.4 Å². The van der Waals surface area contributed by atoms with E-state index in [1.807, 2.05) is 30.3 Å². The number of aliphatic hydroxyl groups is 1. The predicted octanol–water partition coefficient (Wildman–Crippen LogP) is 4.86. The van der Waals surface area contributed by atoms with Gasteiger partial charge >= 0.3 is 0 Å². The lowest BCUT2D eigenvalue weighted by Crippen LogP contribution is -2.36. The minimum Gasteiger partial charge on any atom is -0.477 e. The van der Waals surface area contributed by atoms with Gasteiger partial charge in [0.05, 0.1) is 18.3 Å². The lowest BCUT2D eigenvalue weighted by atomic mass is 9.86.